The maximum atomic E-state index is 12.8. The van der Waals surface area contributed by atoms with Crippen LogP contribution in [0.1, 0.15) is 55.6 Å². The van der Waals surface area contributed by atoms with Crippen molar-refractivity contribution >= 4 is 11.8 Å². The lowest BCUT2D eigenvalue weighted by atomic mass is 9.67. The van der Waals surface area contributed by atoms with Gasteiger partial charge in [-0.05, 0) is 62.1 Å². The summed E-state index contributed by atoms with van der Waals surface area (Å²) in [5.74, 6) is 0.129. The smallest absolute Gasteiger partial charge is 0.406 e. The molecule has 2 aliphatic heterocycles. The Morgan fingerprint density at radius 1 is 1.24 bits per heavy atom. The first-order chi connectivity index (χ1) is 13.7. The molecule has 2 heterocycles. The summed E-state index contributed by atoms with van der Waals surface area (Å²) in [6, 6.07) is 4.77. The summed E-state index contributed by atoms with van der Waals surface area (Å²) >= 11 is 0. The van der Waals surface area contributed by atoms with Crippen LogP contribution in [0.15, 0.2) is 18.2 Å². The van der Waals surface area contributed by atoms with Crippen molar-refractivity contribution in [2.24, 2.45) is 5.92 Å². The monoisotopic (exact) mass is 410 g/mol. The maximum Gasteiger partial charge on any atom is 0.573 e. The van der Waals surface area contributed by atoms with E-state index in [1.54, 1.807) is 13.0 Å². The van der Waals surface area contributed by atoms with Crippen molar-refractivity contribution in [2.45, 2.75) is 63.3 Å². The molecule has 1 aromatic rings. The summed E-state index contributed by atoms with van der Waals surface area (Å²) in [7, 11) is 0. The fraction of sp³-hybridized carbons (Fsp3) is 0.619. The minimum atomic E-state index is -4.71. The van der Waals surface area contributed by atoms with Crippen molar-refractivity contribution in [1.29, 1.82) is 0 Å². The molecule has 4 rings (SSSR count). The van der Waals surface area contributed by atoms with Crippen LogP contribution in [0.4, 0.5) is 13.2 Å². The van der Waals surface area contributed by atoms with E-state index in [9.17, 15) is 22.8 Å². The molecule has 1 aliphatic carbocycles. The van der Waals surface area contributed by atoms with E-state index in [4.69, 9.17) is 0 Å². The largest absolute Gasteiger partial charge is 0.573 e. The Bertz CT molecular complexity index is 810. The van der Waals surface area contributed by atoms with Gasteiger partial charge in [-0.1, -0.05) is 12.1 Å². The fourth-order valence-electron chi connectivity index (χ4n) is 5.12. The molecule has 3 fully saturated rings. The fourth-order valence-corrected chi connectivity index (χ4v) is 5.12. The molecule has 2 saturated heterocycles. The second-order valence-corrected chi connectivity index (χ2v) is 8.55. The number of nitrogens with one attached hydrogen (secondary N) is 1. The quantitative estimate of drug-likeness (QED) is 0.828. The number of hydrogen-bond donors (Lipinski definition) is 1. The highest BCUT2D eigenvalue weighted by Crippen LogP contribution is 2.45. The molecule has 0 atom stereocenters. The number of alkyl halides is 3. The third kappa shape index (κ3) is 4.07. The average molecular weight is 410 g/mol. The number of nitrogens with zero attached hydrogens (tertiary/aromatic N) is 1. The first-order valence-electron chi connectivity index (χ1n) is 10.1. The van der Waals surface area contributed by atoms with Crippen LogP contribution in [0.3, 0.4) is 0 Å². The summed E-state index contributed by atoms with van der Waals surface area (Å²) in [5, 5.41) is 3.01. The van der Waals surface area contributed by atoms with E-state index < -0.39 is 6.36 Å². The third-order valence-corrected chi connectivity index (χ3v) is 6.66. The molecule has 2 amide bonds. The molecule has 1 spiro atoms. The van der Waals surface area contributed by atoms with E-state index in [1.165, 1.54) is 6.07 Å². The van der Waals surface area contributed by atoms with Gasteiger partial charge in [0.05, 0.1) is 0 Å². The Balaban J connectivity index is 1.34. The summed E-state index contributed by atoms with van der Waals surface area (Å²) in [6.45, 7) is 2.85. The molecule has 1 aromatic carbocycles. The topological polar surface area (TPSA) is 58.6 Å². The van der Waals surface area contributed by atoms with Gasteiger partial charge < -0.3 is 15.0 Å². The Labute approximate surface area is 167 Å². The maximum absolute atomic E-state index is 12.8. The Morgan fingerprint density at radius 3 is 2.52 bits per heavy atom. The van der Waals surface area contributed by atoms with Crippen molar-refractivity contribution < 1.29 is 27.5 Å². The number of piperidine rings is 1. The molecule has 1 saturated carbocycles. The van der Waals surface area contributed by atoms with Gasteiger partial charge in [0.15, 0.2) is 0 Å². The summed E-state index contributed by atoms with van der Waals surface area (Å²) in [6.07, 6.45) is -0.484. The van der Waals surface area contributed by atoms with Crippen molar-refractivity contribution in [3.63, 3.8) is 0 Å². The predicted molar refractivity (Wildman–Crippen MR) is 99.2 cm³/mol. The second kappa shape index (κ2) is 7.22. The molecule has 0 bridgehead atoms. The Kier molecular flexibility index (Phi) is 4.99. The van der Waals surface area contributed by atoms with Crippen LogP contribution in [0.25, 0.3) is 0 Å². The first kappa shape index (κ1) is 20.0. The van der Waals surface area contributed by atoms with Crippen molar-refractivity contribution in [1.82, 2.24) is 10.2 Å². The normalized spacial score (nSPS) is 27.7. The summed E-state index contributed by atoms with van der Waals surface area (Å²) < 4.78 is 41.9. The zero-order chi connectivity index (χ0) is 20.8. The van der Waals surface area contributed by atoms with Gasteiger partial charge in [-0.15, -0.1) is 13.2 Å². The van der Waals surface area contributed by atoms with Crippen LogP contribution in [0.2, 0.25) is 0 Å². The zero-order valence-corrected chi connectivity index (χ0v) is 16.3. The van der Waals surface area contributed by atoms with Crippen LogP contribution < -0.4 is 10.1 Å². The average Bonchev–Trinajstić information content (AvgIpc) is 3.03. The number of benzene rings is 1. The van der Waals surface area contributed by atoms with E-state index in [0.717, 1.165) is 24.8 Å². The number of rotatable bonds is 3. The minimum Gasteiger partial charge on any atom is -0.406 e. The van der Waals surface area contributed by atoms with Crippen LogP contribution >= 0.6 is 0 Å². The molecule has 0 unspecified atom stereocenters. The Hall–Kier alpha value is -2.25. The highest BCUT2D eigenvalue weighted by Gasteiger charge is 2.51. The lowest BCUT2D eigenvalue weighted by Gasteiger charge is -2.46. The van der Waals surface area contributed by atoms with Gasteiger partial charge in [0, 0.05) is 31.0 Å². The molecule has 158 valence electrons. The van der Waals surface area contributed by atoms with Crippen LogP contribution in [0.5, 0.6) is 5.75 Å². The molecular formula is C21H25F3N2O3. The third-order valence-electron chi connectivity index (χ3n) is 6.66. The van der Waals surface area contributed by atoms with Gasteiger partial charge in [0.2, 0.25) is 11.8 Å². The zero-order valence-electron chi connectivity index (χ0n) is 16.3. The molecule has 8 heteroatoms. The van der Waals surface area contributed by atoms with Gasteiger partial charge in [-0.25, -0.2) is 0 Å². The molecule has 0 radical (unpaired) electrons. The number of carbonyl (C=O) groups is 2. The van der Waals surface area contributed by atoms with Crippen molar-refractivity contribution in [3.8, 4) is 5.75 Å². The highest BCUT2D eigenvalue weighted by molar-refractivity contribution is 5.83. The first-order valence-corrected chi connectivity index (χ1v) is 10.1. The van der Waals surface area contributed by atoms with E-state index in [1.807, 2.05) is 11.0 Å². The SMILES string of the molecule is Cc1c(OC(F)(F)F)cccc1C1CCN(C(=O)C2CC3(CCC(=O)N3)C2)CC1. The highest BCUT2D eigenvalue weighted by atomic mass is 19.4. The van der Waals surface area contributed by atoms with Crippen LogP contribution in [0, 0.1) is 12.8 Å². The summed E-state index contributed by atoms with van der Waals surface area (Å²) in [5.41, 5.74) is 1.20. The lowest BCUT2D eigenvalue weighted by Crippen LogP contribution is -2.57. The standard InChI is InChI=1S/C21H25F3N2O3/c1-13-16(3-2-4-17(13)29-21(22,23)24)14-6-9-26(10-7-14)19(28)15-11-20(12-15)8-5-18(27)25-20/h2-4,14-15H,5-12H2,1H3,(H,25,27). The van der Waals surface area contributed by atoms with Crippen molar-refractivity contribution in [2.75, 3.05) is 13.1 Å². The number of ether oxygens (including phenoxy) is 1. The number of halogens is 3. The lowest BCUT2D eigenvalue weighted by molar-refractivity contribution is -0.274. The molecular weight excluding hydrogens is 385 g/mol. The van der Waals surface area contributed by atoms with Crippen LogP contribution in [-0.4, -0.2) is 41.7 Å². The molecule has 5 nitrogen and oxygen atoms in total. The molecule has 3 aliphatic rings. The number of carbonyl (C=O) groups excluding carboxylic acids is 2. The van der Waals surface area contributed by atoms with E-state index in [0.29, 0.717) is 37.9 Å². The van der Waals surface area contributed by atoms with Crippen LogP contribution in [-0.2, 0) is 9.59 Å². The van der Waals surface area contributed by atoms with Gasteiger partial charge in [0.25, 0.3) is 0 Å². The van der Waals surface area contributed by atoms with Gasteiger partial charge >= 0.3 is 6.36 Å². The Morgan fingerprint density at radius 2 is 1.93 bits per heavy atom. The van der Waals surface area contributed by atoms with E-state index in [-0.39, 0.29) is 34.9 Å². The van der Waals surface area contributed by atoms with E-state index in [2.05, 4.69) is 10.1 Å². The minimum absolute atomic E-state index is 0.0322. The van der Waals surface area contributed by atoms with E-state index >= 15 is 0 Å². The number of likely N-dealkylation sites (tertiary alicyclic amines) is 1. The number of hydrogen-bond acceptors (Lipinski definition) is 3. The number of amides is 2. The molecule has 29 heavy (non-hydrogen) atoms. The van der Waals surface area contributed by atoms with Gasteiger partial charge in [0.1, 0.15) is 5.75 Å². The van der Waals surface area contributed by atoms with Gasteiger partial charge in [-0.2, -0.15) is 0 Å². The predicted octanol–water partition coefficient (Wildman–Crippen LogP) is 3.66. The summed E-state index contributed by atoms with van der Waals surface area (Å²) in [4.78, 5) is 26.1. The van der Waals surface area contributed by atoms with Gasteiger partial charge in [-0.3, -0.25) is 9.59 Å². The van der Waals surface area contributed by atoms with Crippen molar-refractivity contribution in [3.05, 3.63) is 29.3 Å². The molecule has 1 N–H and O–H groups in total. The second-order valence-electron chi connectivity index (χ2n) is 8.55. The molecule has 0 aromatic heterocycles.